The molecule has 1 amide bonds. The van der Waals surface area contributed by atoms with Crippen LogP contribution in [0.1, 0.15) is 53.9 Å². The van der Waals surface area contributed by atoms with Crippen LogP contribution in [-0.2, 0) is 14.3 Å². The van der Waals surface area contributed by atoms with Crippen LogP contribution < -0.4 is 5.73 Å². The Morgan fingerprint density at radius 2 is 1.75 bits per heavy atom. The number of hydrogen-bond donors (Lipinski definition) is 1. The Labute approximate surface area is 122 Å². The van der Waals surface area contributed by atoms with Gasteiger partial charge in [0.1, 0.15) is 0 Å². The highest BCUT2D eigenvalue weighted by atomic mass is 16.5. The third-order valence-electron chi connectivity index (χ3n) is 3.45. The van der Waals surface area contributed by atoms with Crippen molar-refractivity contribution in [3.8, 4) is 0 Å². The number of rotatable bonds is 9. The molecule has 0 saturated carbocycles. The maximum Gasteiger partial charge on any atom is 0.311 e. The lowest BCUT2D eigenvalue weighted by molar-refractivity contribution is -0.154. The van der Waals surface area contributed by atoms with Crippen LogP contribution in [0.5, 0.6) is 0 Å². The van der Waals surface area contributed by atoms with Crippen molar-refractivity contribution in [3.05, 3.63) is 0 Å². The Morgan fingerprint density at radius 3 is 2.20 bits per heavy atom. The summed E-state index contributed by atoms with van der Waals surface area (Å²) in [5.74, 6) is -0.107. The molecular formula is C15H30N2O3. The molecule has 1 atom stereocenters. The molecule has 5 heteroatoms. The van der Waals surface area contributed by atoms with Gasteiger partial charge in [0.15, 0.2) is 0 Å². The second kappa shape index (κ2) is 8.95. The van der Waals surface area contributed by atoms with E-state index in [9.17, 15) is 9.59 Å². The summed E-state index contributed by atoms with van der Waals surface area (Å²) in [7, 11) is 0. The minimum Gasteiger partial charge on any atom is -0.466 e. The van der Waals surface area contributed by atoms with Gasteiger partial charge >= 0.3 is 5.97 Å². The van der Waals surface area contributed by atoms with E-state index in [-0.39, 0.29) is 17.9 Å². The lowest BCUT2D eigenvalue weighted by atomic mass is 9.84. The Balaban J connectivity index is 4.26. The van der Waals surface area contributed by atoms with Gasteiger partial charge < -0.3 is 15.4 Å². The van der Waals surface area contributed by atoms with Crippen LogP contribution in [0.4, 0.5) is 0 Å². The highest BCUT2D eigenvalue weighted by Crippen LogP contribution is 2.25. The topological polar surface area (TPSA) is 72.6 Å². The molecule has 0 heterocycles. The molecule has 0 aliphatic rings. The van der Waals surface area contributed by atoms with Crippen LogP contribution in [0.15, 0.2) is 0 Å². The lowest BCUT2D eigenvalue weighted by Gasteiger charge is -2.26. The second-order valence-corrected chi connectivity index (χ2v) is 5.67. The minimum atomic E-state index is -0.603. The van der Waals surface area contributed by atoms with Gasteiger partial charge in [-0.05, 0) is 47.5 Å². The van der Waals surface area contributed by atoms with Crippen LogP contribution in [-0.4, -0.2) is 42.5 Å². The molecule has 118 valence electrons. The van der Waals surface area contributed by atoms with Gasteiger partial charge in [-0.25, -0.2) is 0 Å². The molecule has 5 nitrogen and oxygen atoms in total. The molecule has 0 saturated heterocycles. The third-order valence-corrected chi connectivity index (χ3v) is 3.45. The first-order valence-corrected chi connectivity index (χ1v) is 7.49. The third kappa shape index (κ3) is 6.37. The fraction of sp³-hybridized carbons (Fsp3) is 0.867. The number of nitrogens with zero attached hydrogens (tertiary/aromatic N) is 1. The van der Waals surface area contributed by atoms with Crippen molar-refractivity contribution in [2.75, 3.05) is 19.7 Å². The number of hydrogen-bond acceptors (Lipinski definition) is 4. The Hall–Kier alpha value is -1.10. The Kier molecular flexibility index (Phi) is 8.46. The molecule has 1 unspecified atom stereocenters. The van der Waals surface area contributed by atoms with E-state index in [1.165, 1.54) is 0 Å². The van der Waals surface area contributed by atoms with Crippen molar-refractivity contribution < 1.29 is 14.3 Å². The van der Waals surface area contributed by atoms with Crippen LogP contribution in [0.3, 0.4) is 0 Å². The molecule has 0 bridgehead atoms. The Morgan fingerprint density at radius 1 is 1.20 bits per heavy atom. The van der Waals surface area contributed by atoms with Crippen molar-refractivity contribution in [2.24, 2.45) is 11.1 Å². The first-order valence-electron chi connectivity index (χ1n) is 7.49. The van der Waals surface area contributed by atoms with E-state index in [0.29, 0.717) is 25.9 Å². The molecule has 0 aromatic carbocycles. The summed E-state index contributed by atoms with van der Waals surface area (Å²) < 4.78 is 5.04. The summed E-state index contributed by atoms with van der Waals surface area (Å²) in [6.07, 6.45) is 1.55. The van der Waals surface area contributed by atoms with E-state index in [2.05, 4.69) is 0 Å². The molecule has 0 fully saturated rings. The van der Waals surface area contributed by atoms with E-state index < -0.39 is 5.41 Å². The molecule has 0 spiro atoms. The van der Waals surface area contributed by atoms with Gasteiger partial charge in [-0.3, -0.25) is 9.59 Å². The van der Waals surface area contributed by atoms with E-state index in [1.54, 1.807) is 11.8 Å². The zero-order valence-corrected chi connectivity index (χ0v) is 13.6. The standard InChI is InChI=1S/C15H30N2O3/c1-6-17(7-2)13(18)10-9-12(16)11-15(4,5)14(19)20-8-3/h12H,6-11,16H2,1-5H3. The molecule has 0 radical (unpaired) electrons. The van der Waals surface area contributed by atoms with Crippen LogP contribution >= 0.6 is 0 Å². The van der Waals surface area contributed by atoms with Gasteiger partial charge in [0, 0.05) is 25.6 Å². The molecule has 20 heavy (non-hydrogen) atoms. The molecule has 0 aliphatic heterocycles. The SMILES string of the molecule is CCOC(=O)C(C)(C)CC(N)CCC(=O)N(CC)CC. The number of carbonyl (C=O) groups is 2. The summed E-state index contributed by atoms with van der Waals surface area (Å²) >= 11 is 0. The van der Waals surface area contributed by atoms with Crippen molar-refractivity contribution >= 4 is 11.9 Å². The molecule has 0 aromatic heterocycles. The predicted octanol–water partition coefficient (Wildman–Crippen LogP) is 1.94. The number of nitrogens with two attached hydrogens (primary N) is 1. The van der Waals surface area contributed by atoms with E-state index in [0.717, 1.165) is 13.1 Å². The average Bonchev–Trinajstić information content (AvgIpc) is 2.37. The number of carbonyl (C=O) groups excluding carboxylic acids is 2. The summed E-state index contributed by atoms with van der Waals surface area (Å²) in [4.78, 5) is 25.5. The fourth-order valence-electron chi connectivity index (χ4n) is 2.21. The number of esters is 1. The summed E-state index contributed by atoms with van der Waals surface area (Å²) in [5.41, 5.74) is 5.44. The van der Waals surface area contributed by atoms with Crippen LogP contribution in [0.2, 0.25) is 0 Å². The minimum absolute atomic E-state index is 0.124. The highest BCUT2D eigenvalue weighted by molar-refractivity contribution is 5.76. The normalized spacial score (nSPS) is 12.9. The van der Waals surface area contributed by atoms with Crippen molar-refractivity contribution in [3.63, 3.8) is 0 Å². The largest absolute Gasteiger partial charge is 0.466 e. The van der Waals surface area contributed by atoms with Crippen molar-refractivity contribution in [2.45, 2.75) is 59.9 Å². The van der Waals surface area contributed by atoms with Crippen molar-refractivity contribution in [1.82, 2.24) is 4.90 Å². The average molecular weight is 286 g/mol. The summed E-state index contributed by atoms with van der Waals surface area (Å²) in [6, 6.07) is -0.172. The second-order valence-electron chi connectivity index (χ2n) is 5.67. The zero-order chi connectivity index (χ0) is 15.8. The van der Waals surface area contributed by atoms with Crippen LogP contribution in [0.25, 0.3) is 0 Å². The lowest BCUT2D eigenvalue weighted by Crippen LogP contribution is -2.36. The fourth-order valence-corrected chi connectivity index (χ4v) is 2.21. The monoisotopic (exact) mass is 286 g/mol. The van der Waals surface area contributed by atoms with Gasteiger partial charge in [-0.2, -0.15) is 0 Å². The smallest absolute Gasteiger partial charge is 0.311 e. The van der Waals surface area contributed by atoms with E-state index in [1.807, 2.05) is 27.7 Å². The molecule has 0 aliphatic carbocycles. The highest BCUT2D eigenvalue weighted by Gasteiger charge is 2.31. The van der Waals surface area contributed by atoms with Gasteiger partial charge in [-0.1, -0.05) is 0 Å². The number of ether oxygens (including phenoxy) is 1. The molecule has 0 rings (SSSR count). The predicted molar refractivity (Wildman–Crippen MR) is 80.2 cm³/mol. The Bertz CT molecular complexity index is 312. The molecular weight excluding hydrogens is 256 g/mol. The number of amides is 1. The summed E-state index contributed by atoms with van der Waals surface area (Å²) in [5, 5.41) is 0. The quantitative estimate of drug-likeness (QED) is 0.657. The van der Waals surface area contributed by atoms with Gasteiger partial charge in [0.2, 0.25) is 5.91 Å². The molecule has 2 N–H and O–H groups in total. The van der Waals surface area contributed by atoms with Gasteiger partial charge in [-0.15, -0.1) is 0 Å². The van der Waals surface area contributed by atoms with Crippen LogP contribution in [0, 0.1) is 5.41 Å². The zero-order valence-electron chi connectivity index (χ0n) is 13.6. The van der Waals surface area contributed by atoms with Gasteiger partial charge in [0.05, 0.1) is 12.0 Å². The maximum absolute atomic E-state index is 11.9. The first-order chi connectivity index (χ1) is 9.28. The van der Waals surface area contributed by atoms with E-state index in [4.69, 9.17) is 10.5 Å². The summed E-state index contributed by atoms with van der Waals surface area (Å²) in [6.45, 7) is 11.2. The van der Waals surface area contributed by atoms with Gasteiger partial charge in [0.25, 0.3) is 0 Å². The molecule has 0 aromatic rings. The van der Waals surface area contributed by atoms with Crippen molar-refractivity contribution in [1.29, 1.82) is 0 Å². The maximum atomic E-state index is 11.9. The first kappa shape index (κ1) is 18.9. The van der Waals surface area contributed by atoms with E-state index >= 15 is 0 Å².